The molecular formula is C25H15N3S. The maximum atomic E-state index is 4.67. The van der Waals surface area contributed by atoms with Crippen molar-refractivity contribution in [2.24, 2.45) is 4.99 Å². The lowest BCUT2D eigenvalue weighted by Crippen LogP contribution is -2.14. The van der Waals surface area contributed by atoms with Gasteiger partial charge >= 0.3 is 0 Å². The minimum absolute atomic E-state index is 0.665. The van der Waals surface area contributed by atoms with Crippen LogP contribution in [0.15, 0.2) is 81.8 Å². The van der Waals surface area contributed by atoms with E-state index in [4.69, 9.17) is 0 Å². The number of benzene rings is 4. The maximum absolute atomic E-state index is 4.67. The first-order chi connectivity index (χ1) is 14.4. The van der Waals surface area contributed by atoms with Crippen LogP contribution in [-0.2, 0) is 0 Å². The molecule has 0 atom stereocenters. The van der Waals surface area contributed by atoms with E-state index in [1.165, 1.54) is 52.9 Å². The van der Waals surface area contributed by atoms with E-state index >= 15 is 0 Å². The lowest BCUT2D eigenvalue weighted by atomic mass is 9.97. The van der Waals surface area contributed by atoms with Crippen molar-refractivity contribution in [2.75, 3.05) is 12.0 Å². The van der Waals surface area contributed by atoms with Gasteiger partial charge < -0.3 is 5.32 Å². The van der Waals surface area contributed by atoms with E-state index in [0.29, 0.717) is 6.67 Å². The first kappa shape index (κ1) is 15.5. The van der Waals surface area contributed by atoms with Crippen LogP contribution >= 0.6 is 11.8 Å². The van der Waals surface area contributed by atoms with E-state index < -0.39 is 0 Å². The van der Waals surface area contributed by atoms with Crippen molar-refractivity contribution >= 4 is 55.8 Å². The Morgan fingerprint density at radius 2 is 1.62 bits per heavy atom. The SMILES string of the molecule is C1=c2c(ccc3c4c(ccc23)NCN=4)Sc2ccc3c(ccc4ccncc43)c21. The summed E-state index contributed by atoms with van der Waals surface area (Å²) in [7, 11) is 0. The first-order valence-electron chi connectivity index (χ1n) is 9.70. The average Bonchev–Trinajstić information content (AvgIpc) is 3.26. The zero-order valence-electron chi connectivity index (χ0n) is 15.4. The molecule has 2 aliphatic heterocycles. The number of rotatable bonds is 0. The fourth-order valence-electron chi connectivity index (χ4n) is 4.63. The summed E-state index contributed by atoms with van der Waals surface area (Å²) in [5.74, 6) is 0. The molecule has 2 aliphatic rings. The summed E-state index contributed by atoms with van der Waals surface area (Å²) < 4.78 is 0. The van der Waals surface area contributed by atoms with Gasteiger partial charge in [0.15, 0.2) is 0 Å². The maximum Gasteiger partial charge on any atom is 0.108 e. The van der Waals surface area contributed by atoms with Crippen LogP contribution in [0.25, 0.3) is 38.4 Å². The molecule has 0 radical (unpaired) electrons. The van der Waals surface area contributed by atoms with Crippen LogP contribution in [-0.4, -0.2) is 11.7 Å². The van der Waals surface area contributed by atoms with Gasteiger partial charge in [-0.25, -0.2) is 0 Å². The molecule has 5 aromatic rings. The molecule has 4 aromatic carbocycles. The molecule has 0 bridgehead atoms. The van der Waals surface area contributed by atoms with Gasteiger partial charge in [-0.05, 0) is 62.7 Å². The third-order valence-corrected chi connectivity index (χ3v) is 7.16. The standard InChI is InChI=1S/C25H15N3S/c1-2-15-16(21-12-26-10-9-14(1)21)4-7-23-19(15)11-20-17-3-6-22-25(28-13-27-22)18(17)5-8-24(20)29-23/h1-12,27H,13H2. The lowest BCUT2D eigenvalue weighted by molar-refractivity contribution is 1.16. The van der Waals surface area contributed by atoms with Crippen molar-refractivity contribution in [3.05, 3.63) is 83.1 Å². The van der Waals surface area contributed by atoms with E-state index in [0.717, 1.165) is 11.0 Å². The summed E-state index contributed by atoms with van der Waals surface area (Å²) in [6, 6.07) is 19.9. The molecule has 1 aromatic heterocycles. The van der Waals surface area contributed by atoms with Crippen molar-refractivity contribution in [1.29, 1.82) is 0 Å². The van der Waals surface area contributed by atoms with Crippen molar-refractivity contribution < 1.29 is 0 Å². The van der Waals surface area contributed by atoms with Gasteiger partial charge in [0.2, 0.25) is 0 Å². The largest absolute Gasteiger partial charge is 0.364 e. The predicted molar refractivity (Wildman–Crippen MR) is 120 cm³/mol. The number of anilines is 1. The van der Waals surface area contributed by atoms with E-state index in [9.17, 15) is 0 Å². The Morgan fingerprint density at radius 3 is 2.62 bits per heavy atom. The van der Waals surface area contributed by atoms with E-state index in [-0.39, 0.29) is 0 Å². The number of fused-ring (bicyclic) bond motifs is 10. The van der Waals surface area contributed by atoms with E-state index in [2.05, 4.69) is 76.0 Å². The third-order valence-electron chi connectivity index (χ3n) is 6.01. The molecule has 0 unspecified atom stereocenters. The zero-order chi connectivity index (χ0) is 18.9. The second-order valence-electron chi connectivity index (χ2n) is 7.51. The van der Waals surface area contributed by atoms with Gasteiger partial charge in [-0.3, -0.25) is 9.98 Å². The average molecular weight is 389 g/mol. The van der Waals surface area contributed by atoms with Crippen LogP contribution in [0.3, 0.4) is 0 Å². The van der Waals surface area contributed by atoms with Gasteiger partial charge in [-0.2, -0.15) is 0 Å². The van der Waals surface area contributed by atoms with Crippen LogP contribution in [0.1, 0.15) is 5.56 Å². The Hall–Kier alpha value is -3.37. The van der Waals surface area contributed by atoms with Gasteiger partial charge in [-0.1, -0.05) is 42.1 Å². The molecule has 29 heavy (non-hydrogen) atoms. The first-order valence-corrected chi connectivity index (χ1v) is 10.5. The summed E-state index contributed by atoms with van der Waals surface area (Å²) in [4.78, 5) is 11.6. The zero-order valence-corrected chi connectivity index (χ0v) is 16.3. The molecular weight excluding hydrogens is 374 g/mol. The molecule has 3 heterocycles. The van der Waals surface area contributed by atoms with Crippen LogP contribution < -0.4 is 15.9 Å². The Labute approximate surface area is 170 Å². The fourth-order valence-corrected chi connectivity index (χ4v) is 5.69. The Bertz CT molecular complexity index is 1640. The highest BCUT2D eigenvalue weighted by Crippen LogP contribution is 2.39. The summed E-state index contributed by atoms with van der Waals surface area (Å²) >= 11 is 1.86. The van der Waals surface area contributed by atoms with Gasteiger partial charge in [0, 0.05) is 33.0 Å². The number of nitrogens with zero attached hydrogens (tertiary/aromatic N) is 2. The highest BCUT2D eigenvalue weighted by molar-refractivity contribution is 7.99. The second-order valence-corrected chi connectivity index (χ2v) is 8.59. The number of hydrogen-bond acceptors (Lipinski definition) is 4. The molecule has 0 fully saturated rings. The third kappa shape index (κ3) is 2.09. The minimum Gasteiger partial charge on any atom is -0.364 e. The number of pyridine rings is 1. The van der Waals surface area contributed by atoms with Crippen LogP contribution in [0.2, 0.25) is 0 Å². The number of nitrogens with one attached hydrogen (secondary N) is 1. The predicted octanol–water partition coefficient (Wildman–Crippen LogP) is 4.84. The van der Waals surface area contributed by atoms with Crippen LogP contribution in [0, 0.1) is 0 Å². The molecule has 136 valence electrons. The topological polar surface area (TPSA) is 37.3 Å². The molecule has 0 spiro atoms. The van der Waals surface area contributed by atoms with Crippen molar-refractivity contribution in [1.82, 2.24) is 4.98 Å². The highest BCUT2D eigenvalue weighted by atomic mass is 32.2. The van der Waals surface area contributed by atoms with E-state index in [1.54, 1.807) is 0 Å². The van der Waals surface area contributed by atoms with Crippen molar-refractivity contribution in [3.8, 4) is 0 Å². The fraction of sp³-hybridized carbons (Fsp3) is 0.0400. The smallest absolute Gasteiger partial charge is 0.108 e. The van der Waals surface area contributed by atoms with Gasteiger partial charge in [-0.15, -0.1) is 0 Å². The molecule has 7 rings (SSSR count). The van der Waals surface area contributed by atoms with Crippen LogP contribution in [0.4, 0.5) is 5.69 Å². The molecule has 1 N–H and O–H groups in total. The Balaban J connectivity index is 1.61. The molecule has 4 heteroatoms. The van der Waals surface area contributed by atoms with Crippen molar-refractivity contribution in [2.45, 2.75) is 9.79 Å². The molecule has 3 nitrogen and oxygen atoms in total. The van der Waals surface area contributed by atoms with Crippen molar-refractivity contribution in [3.63, 3.8) is 0 Å². The summed E-state index contributed by atoms with van der Waals surface area (Å²) in [5, 5.41) is 13.2. The Morgan fingerprint density at radius 1 is 0.759 bits per heavy atom. The normalized spacial score (nSPS) is 14.1. The number of hydrogen-bond donors (Lipinski definition) is 1. The summed E-state index contributed by atoms with van der Waals surface area (Å²) in [5.41, 5.74) is 2.43. The second kappa shape index (κ2) is 5.58. The monoisotopic (exact) mass is 389 g/mol. The van der Waals surface area contributed by atoms with E-state index in [1.807, 2.05) is 24.2 Å². The molecule has 0 aliphatic carbocycles. The Kier molecular flexibility index (Phi) is 2.99. The van der Waals surface area contributed by atoms with Crippen LogP contribution in [0.5, 0.6) is 0 Å². The summed E-state index contributed by atoms with van der Waals surface area (Å²) in [6.45, 7) is 0.665. The highest BCUT2D eigenvalue weighted by Gasteiger charge is 2.17. The number of aromatic nitrogens is 1. The lowest BCUT2D eigenvalue weighted by Gasteiger charge is -2.17. The molecule has 0 amide bonds. The molecule has 0 saturated heterocycles. The quantitative estimate of drug-likeness (QED) is 0.378. The van der Waals surface area contributed by atoms with Gasteiger partial charge in [0.05, 0.1) is 11.0 Å². The van der Waals surface area contributed by atoms with Gasteiger partial charge in [0.1, 0.15) is 6.67 Å². The minimum atomic E-state index is 0.665. The summed E-state index contributed by atoms with van der Waals surface area (Å²) in [6.07, 6.45) is 6.19. The molecule has 0 saturated carbocycles. The van der Waals surface area contributed by atoms with Gasteiger partial charge in [0.25, 0.3) is 0 Å².